The van der Waals surface area contributed by atoms with Crippen LogP contribution in [0.1, 0.15) is 13.3 Å². The molecule has 2 N–H and O–H groups in total. The van der Waals surface area contributed by atoms with Crippen LogP contribution >= 0.6 is 0 Å². The third kappa shape index (κ3) is 1.61. The van der Waals surface area contributed by atoms with Crippen LogP contribution in [0.5, 0.6) is 0 Å². The summed E-state index contributed by atoms with van der Waals surface area (Å²) in [7, 11) is 1.00. The second-order valence-electron chi connectivity index (χ2n) is 3.66. The minimum absolute atomic E-state index is 0.586. The third-order valence-electron chi connectivity index (χ3n) is 2.82. The van der Waals surface area contributed by atoms with Crippen LogP contribution in [0.25, 0.3) is 11.0 Å². The van der Waals surface area contributed by atoms with Crippen LogP contribution in [-0.4, -0.2) is 45.0 Å². The zero-order valence-electron chi connectivity index (χ0n) is 9.38. The van der Waals surface area contributed by atoms with Crippen molar-refractivity contribution in [3.8, 4) is 0 Å². The number of aromatic amines is 1. The molecule has 86 valence electrons. The molecule has 1 aliphatic rings. The Balaban J connectivity index is 0.000000457. The molecule has 1 saturated heterocycles. The van der Waals surface area contributed by atoms with Gasteiger partial charge in [0.15, 0.2) is 5.65 Å². The summed E-state index contributed by atoms with van der Waals surface area (Å²) in [6, 6.07) is 0.586. The predicted molar refractivity (Wildman–Crippen MR) is 61.3 cm³/mol. The molecule has 3 heterocycles. The van der Waals surface area contributed by atoms with E-state index >= 15 is 0 Å². The van der Waals surface area contributed by atoms with E-state index in [1.807, 2.05) is 0 Å². The van der Waals surface area contributed by atoms with Gasteiger partial charge < -0.3 is 10.0 Å². The quantitative estimate of drug-likeness (QED) is 0.735. The Labute approximate surface area is 93.3 Å². The van der Waals surface area contributed by atoms with Crippen molar-refractivity contribution >= 4 is 16.9 Å². The molecule has 3 rings (SSSR count). The molecule has 1 atom stereocenters. The molecule has 1 aliphatic heterocycles. The monoisotopic (exact) mass is 221 g/mol. The highest BCUT2D eigenvalue weighted by Crippen LogP contribution is 2.28. The average Bonchev–Trinajstić information content (AvgIpc) is 2.79. The van der Waals surface area contributed by atoms with Gasteiger partial charge in [-0.1, -0.05) is 0 Å². The molecule has 0 spiro atoms. The second kappa shape index (κ2) is 4.44. The number of aliphatic hydroxyl groups excluding tert-OH is 1. The van der Waals surface area contributed by atoms with E-state index in [-0.39, 0.29) is 0 Å². The number of nitrogens with one attached hydrogen (secondary N) is 1. The number of aromatic nitrogens is 4. The summed E-state index contributed by atoms with van der Waals surface area (Å²) in [4.78, 5) is 10.7. The fourth-order valence-electron chi connectivity index (χ4n) is 1.81. The summed E-state index contributed by atoms with van der Waals surface area (Å²) >= 11 is 0. The van der Waals surface area contributed by atoms with E-state index in [1.54, 1.807) is 12.5 Å². The number of nitrogens with zero attached hydrogens (tertiary/aromatic N) is 4. The minimum Gasteiger partial charge on any atom is -0.400 e. The number of rotatable bonds is 1. The maximum atomic E-state index is 7.00. The molecule has 0 aliphatic carbocycles. The van der Waals surface area contributed by atoms with Crippen molar-refractivity contribution in [2.24, 2.45) is 0 Å². The Hall–Kier alpha value is -1.69. The van der Waals surface area contributed by atoms with Crippen molar-refractivity contribution in [1.82, 2.24) is 20.2 Å². The maximum absolute atomic E-state index is 7.00. The Morgan fingerprint density at radius 2 is 2.25 bits per heavy atom. The summed E-state index contributed by atoms with van der Waals surface area (Å²) in [6.07, 6.45) is 4.61. The molecule has 2 aromatic heterocycles. The lowest BCUT2D eigenvalue weighted by Crippen LogP contribution is -2.46. The summed E-state index contributed by atoms with van der Waals surface area (Å²) in [6.45, 7) is 3.29. The normalized spacial score (nSPS) is 18.9. The highest BCUT2D eigenvalue weighted by Gasteiger charge is 2.26. The first kappa shape index (κ1) is 10.8. The summed E-state index contributed by atoms with van der Waals surface area (Å²) in [5, 5.41) is 14.8. The lowest BCUT2D eigenvalue weighted by molar-refractivity contribution is 0.399. The zero-order valence-corrected chi connectivity index (χ0v) is 9.38. The molecule has 1 unspecified atom stereocenters. The van der Waals surface area contributed by atoms with Gasteiger partial charge in [0, 0.05) is 19.7 Å². The summed E-state index contributed by atoms with van der Waals surface area (Å²) in [5.41, 5.74) is 0.814. The molecule has 6 heteroatoms. The number of anilines is 1. The van der Waals surface area contributed by atoms with E-state index in [4.69, 9.17) is 5.11 Å². The van der Waals surface area contributed by atoms with E-state index in [0.717, 1.165) is 30.5 Å². The first-order chi connectivity index (χ1) is 7.86. The van der Waals surface area contributed by atoms with Crippen LogP contribution < -0.4 is 4.90 Å². The van der Waals surface area contributed by atoms with Gasteiger partial charge in [0.2, 0.25) is 0 Å². The minimum atomic E-state index is 0.586. The van der Waals surface area contributed by atoms with Crippen molar-refractivity contribution in [3.05, 3.63) is 12.5 Å². The topological polar surface area (TPSA) is 77.9 Å². The molecule has 2 aromatic rings. The van der Waals surface area contributed by atoms with E-state index < -0.39 is 0 Å². The lowest BCUT2D eigenvalue weighted by atomic mass is 10.1. The number of hydrogen-bond acceptors (Lipinski definition) is 5. The number of H-pyrrole nitrogens is 1. The highest BCUT2D eigenvalue weighted by atomic mass is 16.2. The van der Waals surface area contributed by atoms with E-state index in [1.165, 1.54) is 6.42 Å². The van der Waals surface area contributed by atoms with Gasteiger partial charge in [0.05, 0.1) is 11.6 Å². The molecule has 1 fully saturated rings. The van der Waals surface area contributed by atoms with Crippen LogP contribution in [0, 0.1) is 0 Å². The zero-order chi connectivity index (χ0) is 11.5. The Morgan fingerprint density at radius 1 is 1.44 bits per heavy atom. The van der Waals surface area contributed by atoms with Gasteiger partial charge in [-0.25, -0.2) is 9.97 Å². The highest BCUT2D eigenvalue weighted by molar-refractivity contribution is 5.86. The molecule has 16 heavy (non-hydrogen) atoms. The van der Waals surface area contributed by atoms with E-state index in [2.05, 4.69) is 32.0 Å². The maximum Gasteiger partial charge on any atom is 0.160 e. The van der Waals surface area contributed by atoms with Gasteiger partial charge in [-0.3, -0.25) is 5.10 Å². The molecule has 0 aromatic carbocycles. The Bertz CT molecular complexity index is 469. The van der Waals surface area contributed by atoms with Crippen LogP contribution in [-0.2, 0) is 0 Å². The smallest absolute Gasteiger partial charge is 0.160 e. The van der Waals surface area contributed by atoms with Crippen LogP contribution in [0.3, 0.4) is 0 Å². The fourth-order valence-corrected chi connectivity index (χ4v) is 1.81. The van der Waals surface area contributed by atoms with Crippen molar-refractivity contribution in [2.75, 3.05) is 18.6 Å². The molecule has 0 amide bonds. The second-order valence-corrected chi connectivity index (χ2v) is 3.66. The lowest BCUT2D eigenvalue weighted by Gasteiger charge is -2.39. The van der Waals surface area contributed by atoms with Gasteiger partial charge in [-0.15, -0.1) is 0 Å². The van der Waals surface area contributed by atoms with Gasteiger partial charge in [-0.05, 0) is 13.3 Å². The molecule has 0 saturated carbocycles. The summed E-state index contributed by atoms with van der Waals surface area (Å²) < 4.78 is 0. The number of aliphatic hydroxyl groups is 1. The third-order valence-corrected chi connectivity index (χ3v) is 2.82. The van der Waals surface area contributed by atoms with Gasteiger partial charge in [0.25, 0.3) is 0 Å². The number of hydrogen-bond donors (Lipinski definition) is 2. The Morgan fingerprint density at radius 3 is 2.88 bits per heavy atom. The van der Waals surface area contributed by atoms with E-state index in [0.29, 0.717) is 6.04 Å². The van der Waals surface area contributed by atoms with Gasteiger partial charge >= 0.3 is 0 Å². The van der Waals surface area contributed by atoms with Gasteiger partial charge in [0.1, 0.15) is 12.1 Å². The predicted octanol–water partition coefficient (Wildman–Crippen LogP) is 0.560. The van der Waals surface area contributed by atoms with Crippen molar-refractivity contribution in [1.29, 1.82) is 0 Å². The van der Waals surface area contributed by atoms with Crippen molar-refractivity contribution in [3.63, 3.8) is 0 Å². The van der Waals surface area contributed by atoms with Crippen LogP contribution in [0.4, 0.5) is 5.82 Å². The molecule has 0 radical (unpaired) electrons. The standard InChI is InChI=1S/C9H11N5.CH4O/c1-6-2-3-14(6)9-7-4-12-13-8(7)10-5-11-9;1-2/h4-6H,2-3H2,1H3,(H,10,11,12,13);2H,1H3. The van der Waals surface area contributed by atoms with Crippen molar-refractivity contribution in [2.45, 2.75) is 19.4 Å². The molecule has 0 bridgehead atoms. The molecular formula is C10H15N5O. The van der Waals surface area contributed by atoms with Crippen LogP contribution in [0.15, 0.2) is 12.5 Å². The number of fused-ring (bicyclic) bond motifs is 1. The molecular weight excluding hydrogens is 206 g/mol. The SMILES string of the molecule is CC1CCN1c1ncnc2[nH]ncc12.CO. The van der Waals surface area contributed by atoms with Crippen LogP contribution in [0.2, 0.25) is 0 Å². The largest absolute Gasteiger partial charge is 0.400 e. The van der Waals surface area contributed by atoms with E-state index in [9.17, 15) is 0 Å². The van der Waals surface area contributed by atoms with Gasteiger partial charge in [-0.2, -0.15) is 5.10 Å². The fraction of sp³-hybridized carbons (Fsp3) is 0.500. The first-order valence-corrected chi connectivity index (χ1v) is 5.21. The summed E-state index contributed by atoms with van der Waals surface area (Å²) in [5.74, 6) is 1.00. The Kier molecular flexibility index (Phi) is 3.00. The molecule has 6 nitrogen and oxygen atoms in total. The van der Waals surface area contributed by atoms with Crippen molar-refractivity contribution < 1.29 is 5.11 Å². The average molecular weight is 221 g/mol. The first-order valence-electron chi connectivity index (χ1n) is 5.21.